The molecule has 2 nitrogen and oxygen atoms in total. The average Bonchev–Trinajstić information content (AvgIpc) is 2.74. The second-order valence-electron chi connectivity index (χ2n) is 7.62. The lowest BCUT2D eigenvalue weighted by Gasteiger charge is -2.49. The van der Waals surface area contributed by atoms with Gasteiger partial charge in [0, 0.05) is 0 Å². The first-order valence-corrected chi connectivity index (χ1v) is 8.26. The van der Waals surface area contributed by atoms with Gasteiger partial charge in [-0.1, -0.05) is 13.0 Å². The largest absolute Gasteiger partial charge is 0.505 e. The van der Waals surface area contributed by atoms with Crippen molar-refractivity contribution in [1.82, 2.24) is 0 Å². The number of rotatable bonds is 0. The molecule has 2 saturated carbocycles. The molecule has 3 aliphatic rings. The van der Waals surface area contributed by atoms with E-state index in [2.05, 4.69) is 0 Å². The lowest BCUT2D eigenvalue weighted by Crippen LogP contribution is -2.44. The van der Waals surface area contributed by atoms with E-state index in [1.807, 2.05) is 13.0 Å². The zero-order chi connectivity index (χ0) is 15.6. The predicted molar refractivity (Wildman–Crippen MR) is 79.0 cm³/mol. The Morgan fingerprint density at radius 1 is 1.27 bits per heavy atom. The summed E-state index contributed by atoms with van der Waals surface area (Å²) in [6.07, 6.45) is 1.48. The molecule has 120 valence electrons. The van der Waals surface area contributed by atoms with Crippen LogP contribution in [0.4, 0.5) is 8.78 Å². The SMILES string of the molecule is C[C@]12CC[C@@H]3c4ccc(O)c(F)c4CC[C@H]3[C@@H]1C[C@@H](F)[C@H]2O. The van der Waals surface area contributed by atoms with E-state index in [1.165, 1.54) is 6.07 Å². The van der Waals surface area contributed by atoms with Gasteiger partial charge in [-0.25, -0.2) is 8.78 Å². The van der Waals surface area contributed by atoms with E-state index in [1.54, 1.807) is 0 Å². The second-order valence-corrected chi connectivity index (χ2v) is 7.62. The Kier molecular flexibility index (Phi) is 3.06. The molecule has 0 unspecified atom stereocenters. The highest BCUT2D eigenvalue weighted by atomic mass is 19.1. The molecule has 0 bridgehead atoms. The third-order valence-corrected chi connectivity index (χ3v) is 6.76. The number of phenols is 1. The van der Waals surface area contributed by atoms with Crippen LogP contribution < -0.4 is 0 Å². The third kappa shape index (κ3) is 1.73. The summed E-state index contributed by atoms with van der Waals surface area (Å²) in [6, 6.07) is 3.28. The average molecular weight is 308 g/mol. The summed E-state index contributed by atoms with van der Waals surface area (Å²) in [5.41, 5.74) is 1.29. The zero-order valence-corrected chi connectivity index (χ0v) is 12.7. The highest BCUT2D eigenvalue weighted by Gasteiger charge is 2.58. The zero-order valence-electron chi connectivity index (χ0n) is 12.7. The van der Waals surface area contributed by atoms with Crippen LogP contribution in [0.25, 0.3) is 0 Å². The van der Waals surface area contributed by atoms with Gasteiger partial charge in [0.15, 0.2) is 11.6 Å². The van der Waals surface area contributed by atoms with Gasteiger partial charge in [0.05, 0.1) is 6.10 Å². The minimum absolute atomic E-state index is 0.168. The Morgan fingerprint density at radius 3 is 2.82 bits per heavy atom. The molecule has 0 heterocycles. The smallest absolute Gasteiger partial charge is 0.168 e. The number of hydrogen-bond donors (Lipinski definition) is 2. The molecule has 2 fully saturated rings. The molecule has 0 spiro atoms. The molecule has 22 heavy (non-hydrogen) atoms. The Labute approximate surface area is 129 Å². The number of aliphatic hydroxyl groups is 1. The van der Waals surface area contributed by atoms with Crippen LogP contribution in [0, 0.1) is 23.1 Å². The molecular weight excluding hydrogens is 286 g/mol. The van der Waals surface area contributed by atoms with Crippen molar-refractivity contribution in [3.05, 3.63) is 29.1 Å². The third-order valence-electron chi connectivity index (χ3n) is 6.76. The minimum atomic E-state index is -1.13. The van der Waals surface area contributed by atoms with Crippen LogP contribution in [0.1, 0.15) is 49.7 Å². The van der Waals surface area contributed by atoms with Crippen LogP contribution in [0.3, 0.4) is 0 Å². The van der Waals surface area contributed by atoms with Gasteiger partial charge in [-0.2, -0.15) is 0 Å². The maximum absolute atomic E-state index is 14.2. The number of alkyl halides is 1. The fourth-order valence-electron chi connectivity index (χ4n) is 5.56. The van der Waals surface area contributed by atoms with Gasteiger partial charge >= 0.3 is 0 Å². The molecular formula is C18H22F2O2. The van der Waals surface area contributed by atoms with Crippen LogP contribution in [0.15, 0.2) is 12.1 Å². The van der Waals surface area contributed by atoms with Crippen molar-refractivity contribution in [2.24, 2.45) is 17.3 Å². The van der Waals surface area contributed by atoms with Crippen LogP contribution in [0.2, 0.25) is 0 Å². The van der Waals surface area contributed by atoms with Crippen LogP contribution >= 0.6 is 0 Å². The lowest BCUT2D eigenvalue weighted by atomic mass is 9.55. The van der Waals surface area contributed by atoms with E-state index in [-0.39, 0.29) is 23.0 Å². The lowest BCUT2D eigenvalue weighted by molar-refractivity contribution is -0.0366. The minimum Gasteiger partial charge on any atom is -0.505 e. The molecule has 2 N–H and O–H groups in total. The quantitative estimate of drug-likeness (QED) is 0.767. The fourth-order valence-corrected chi connectivity index (χ4v) is 5.56. The van der Waals surface area contributed by atoms with Gasteiger partial charge in [-0.3, -0.25) is 0 Å². The summed E-state index contributed by atoms with van der Waals surface area (Å²) in [6.45, 7) is 2.02. The monoisotopic (exact) mass is 308 g/mol. The van der Waals surface area contributed by atoms with E-state index >= 15 is 0 Å². The summed E-state index contributed by atoms with van der Waals surface area (Å²) in [4.78, 5) is 0. The van der Waals surface area contributed by atoms with Gasteiger partial charge in [0.25, 0.3) is 0 Å². The van der Waals surface area contributed by atoms with Crippen molar-refractivity contribution >= 4 is 0 Å². The number of hydrogen-bond acceptors (Lipinski definition) is 2. The van der Waals surface area contributed by atoms with Crippen LogP contribution in [0.5, 0.6) is 5.75 Å². The van der Waals surface area contributed by atoms with Crippen molar-refractivity contribution in [3.63, 3.8) is 0 Å². The van der Waals surface area contributed by atoms with E-state index in [9.17, 15) is 19.0 Å². The summed E-state index contributed by atoms with van der Waals surface area (Å²) in [5.74, 6) is -0.0571. The standard InChI is InChI=1S/C18H22F2O2/c1-18-7-6-10-9-4-5-15(21)16(20)12(9)3-2-11(10)13(18)8-14(19)17(18)22/h4-5,10-11,13-14,17,21-22H,2-3,6-8H2,1H3/t10-,11-,13+,14-,17-,18+/m1/s1. The summed E-state index contributed by atoms with van der Waals surface area (Å²) >= 11 is 0. The van der Waals surface area contributed by atoms with Crippen LogP contribution in [-0.4, -0.2) is 22.5 Å². The number of benzene rings is 1. The van der Waals surface area contributed by atoms with Crippen molar-refractivity contribution in [2.45, 2.75) is 57.2 Å². The molecule has 3 aliphatic carbocycles. The first kappa shape index (κ1) is 14.4. The van der Waals surface area contributed by atoms with Crippen molar-refractivity contribution in [3.8, 4) is 5.75 Å². The Bertz CT molecular complexity index is 617. The van der Waals surface area contributed by atoms with Crippen LogP contribution in [-0.2, 0) is 6.42 Å². The highest BCUT2D eigenvalue weighted by Crippen LogP contribution is 2.61. The Balaban J connectivity index is 1.73. The molecule has 0 amide bonds. The van der Waals surface area contributed by atoms with Gasteiger partial charge in [-0.15, -0.1) is 0 Å². The first-order chi connectivity index (χ1) is 10.4. The normalized spacial score (nSPS) is 43.4. The van der Waals surface area contributed by atoms with Crippen molar-refractivity contribution in [2.75, 3.05) is 0 Å². The molecule has 0 saturated heterocycles. The molecule has 0 radical (unpaired) electrons. The molecule has 0 aromatic heterocycles. The maximum atomic E-state index is 14.2. The van der Waals surface area contributed by atoms with Crippen molar-refractivity contribution < 1.29 is 19.0 Å². The van der Waals surface area contributed by atoms with Crippen molar-refractivity contribution in [1.29, 1.82) is 0 Å². The van der Waals surface area contributed by atoms with Gasteiger partial charge in [0.2, 0.25) is 0 Å². The van der Waals surface area contributed by atoms with E-state index < -0.39 is 18.1 Å². The predicted octanol–water partition coefficient (Wildman–Crippen LogP) is 3.70. The highest BCUT2D eigenvalue weighted by molar-refractivity contribution is 5.41. The molecule has 1 aromatic carbocycles. The van der Waals surface area contributed by atoms with E-state index in [0.717, 1.165) is 24.8 Å². The van der Waals surface area contributed by atoms with Gasteiger partial charge < -0.3 is 10.2 Å². The topological polar surface area (TPSA) is 40.5 Å². The number of phenolic OH excluding ortho intramolecular Hbond substituents is 1. The first-order valence-electron chi connectivity index (χ1n) is 8.26. The summed E-state index contributed by atoms with van der Waals surface area (Å²) in [5, 5.41) is 19.8. The summed E-state index contributed by atoms with van der Waals surface area (Å²) < 4.78 is 28.3. The number of halogens is 2. The maximum Gasteiger partial charge on any atom is 0.168 e. The molecule has 6 atom stereocenters. The molecule has 1 aromatic rings. The fraction of sp³-hybridized carbons (Fsp3) is 0.667. The molecule has 4 rings (SSSR count). The van der Waals surface area contributed by atoms with E-state index in [0.29, 0.717) is 24.3 Å². The number of aliphatic hydroxyl groups excluding tert-OH is 1. The molecule has 4 heteroatoms. The number of fused-ring (bicyclic) bond motifs is 5. The summed E-state index contributed by atoms with van der Waals surface area (Å²) in [7, 11) is 0. The van der Waals surface area contributed by atoms with Gasteiger partial charge in [-0.05, 0) is 72.5 Å². The van der Waals surface area contributed by atoms with E-state index in [4.69, 9.17) is 0 Å². The Morgan fingerprint density at radius 2 is 2.05 bits per heavy atom. The molecule has 0 aliphatic heterocycles. The van der Waals surface area contributed by atoms with Gasteiger partial charge in [0.1, 0.15) is 6.17 Å². The number of aromatic hydroxyl groups is 1. The second kappa shape index (κ2) is 4.67. The Hall–Kier alpha value is -1.16.